The number of aromatic nitrogens is 2. The summed E-state index contributed by atoms with van der Waals surface area (Å²) in [5.74, 6) is 1.38. The van der Waals surface area contributed by atoms with E-state index in [1.165, 1.54) is 5.56 Å². The maximum atomic E-state index is 5.89. The van der Waals surface area contributed by atoms with Crippen LogP contribution in [0.4, 0.5) is 5.69 Å². The molecule has 108 valence electrons. The number of imidazole rings is 1. The molecule has 0 aliphatic heterocycles. The molecule has 1 heterocycles. The molecule has 0 bridgehead atoms. The molecule has 3 nitrogen and oxygen atoms in total. The summed E-state index contributed by atoms with van der Waals surface area (Å²) < 4.78 is 3.32. The second-order valence-electron chi connectivity index (χ2n) is 5.64. The van der Waals surface area contributed by atoms with Crippen molar-refractivity contribution in [1.29, 1.82) is 0 Å². The van der Waals surface area contributed by atoms with Gasteiger partial charge in [0.15, 0.2) is 0 Å². The number of nitrogens with zero attached hydrogens (tertiary/aromatic N) is 2. The molecule has 3 aromatic rings. The summed E-state index contributed by atoms with van der Waals surface area (Å²) in [6.45, 7) is 6.40. The molecular weight excluding hydrogens is 326 g/mol. The highest BCUT2D eigenvalue weighted by molar-refractivity contribution is 9.10. The largest absolute Gasteiger partial charge is 0.399 e. The van der Waals surface area contributed by atoms with Crippen molar-refractivity contribution in [2.45, 2.75) is 26.7 Å². The van der Waals surface area contributed by atoms with E-state index < -0.39 is 0 Å². The number of rotatable bonds is 2. The molecule has 2 aromatic carbocycles. The Morgan fingerprint density at radius 1 is 1.14 bits per heavy atom. The number of nitrogens with two attached hydrogens (primary N) is 1. The van der Waals surface area contributed by atoms with Crippen LogP contribution in [0.15, 0.2) is 40.9 Å². The van der Waals surface area contributed by atoms with Gasteiger partial charge in [-0.1, -0.05) is 35.8 Å². The molecule has 4 heteroatoms. The Labute approximate surface area is 132 Å². The smallest absolute Gasteiger partial charge is 0.117 e. The minimum Gasteiger partial charge on any atom is -0.399 e. The third kappa shape index (κ3) is 2.44. The molecule has 1 aromatic heterocycles. The van der Waals surface area contributed by atoms with Gasteiger partial charge >= 0.3 is 0 Å². The zero-order chi connectivity index (χ0) is 15.1. The number of anilines is 1. The first-order valence-corrected chi connectivity index (χ1v) is 7.81. The summed E-state index contributed by atoms with van der Waals surface area (Å²) in [4.78, 5) is 4.77. The van der Waals surface area contributed by atoms with Crippen molar-refractivity contribution in [2.24, 2.45) is 0 Å². The van der Waals surface area contributed by atoms with E-state index in [1.54, 1.807) is 0 Å². The monoisotopic (exact) mass is 343 g/mol. The highest BCUT2D eigenvalue weighted by Crippen LogP contribution is 2.29. The van der Waals surface area contributed by atoms with Crippen molar-refractivity contribution >= 4 is 32.7 Å². The second-order valence-corrected chi connectivity index (χ2v) is 6.50. The van der Waals surface area contributed by atoms with Crippen LogP contribution >= 0.6 is 15.9 Å². The second kappa shape index (κ2) is 5.19. The third-order valence-corrected chi connectivity index (χ3v) is 4.49. The third-order valence-electron chi connectivity index (χ3n) is 3.63. The van der Waals surface area contributed by atoms with Gasteiger partial charge in [0.25, 0.3) is 0 Å². The molecule has 0 radical (unpaired) electrons. The average molecular weight is 344 g/mol. The zero-order valence-corrected chi connectivity index (χ0v) is 14.0. The first-order chi connectivity index (χ1) is 9.97. The Kier molecular flexibility index (Phi) is 3.49. The van der Waals surface area contributed by atoms with E-state index in [-0.39, 0.29) is 0 Å². The van der Waals surface area contributed by atoms with E-state index in [2.05, 4.69) is 59.5 Å². The van der Waals surface area contributed by atoms with Gasteiger partial charge in [0, 0.05) is 21.8 Å². The molecule has 0 spiro atoms. The summed E-state index contributed by atoms with van der Waals surface area (Å²) in [6.07, 6.45) is 0. The predicted octanol–water partition coefficient (Wildman–Crippen LogP) is 4.80. The molecule has 0 fully saturated rings. The van der Waals surface area contributed by atoms with Gasteiger partial charge in [-0.15, -0.1) is 0 Å². The van der Waals surface area contributed by atoms with Crippen LogP contribution < -0.4 is 5.73 Å². The lowest BCUT2D eigenvalue weighted by Crippen LogP contribution is -2.03. The number of aryl methyl sites for hydroxylation is 1. The molecule has 2 N–H and O–H groups in total. The van der Waals surface area contributed by atoms with E-state index in [4.69, 9.17) is 10.7 Å². The maximum Gasteiger partial charge on any atom is 0.117 e. The van der Waals surface area contributed by atoms with Gasteiger partial charge in [0.2, 0.25) is 0 Å². The van der Waals surface area contributed by atoms with Crippen LogP contribution in [0, 0.1) is 6.92 Å². The summed E-state index contributed by atoms with van der Waals surface area (Å²) in [6, 6.07) is 12.3. The van der Waals surface area contributed by atoms with Crippen molar-refractivity contribution < 1.29 is 0 Å². The Balaban J connectivity index is 2.33. The Bertz CT molecular complexity index is 818. The first kappa shape index (κ1) is 14.1. The normalized spacial score (nSPS) is 11.5. The van der Waals surface area contributed by atoms with Crippen molar-refractivity contribution in [3.8, 4) is 5.69 Å². The van der Waals surface area contributed by atoms with Gasteiger partial charge in [0.1, 0.15) is 5.82 Å². The Hall–Kier alpha value is -1.81. The van der Waals surface area contributed by atoms with Gasteiger partial charge < -0.3 is 5.73 Å². The highest BCUT2D eigenvalue weighted by Gasteiger charge is 2.15. The molecule has 0 saturated heterocycles. The lowest BCUT2D eigenvalue weighted by Gasteiger charge is -2.12. The van der Waals surface area contributed by atoms with E-state index in [0.29, 0.717) is 5.92 Å². The summed E-state index contributed by atoms with van der Waals surface area (Å²) >= 11 is 3.62. The fourth-order valence-electron chi connectivity index (χ4n) is 2.50. The molecule has 3 rings (SSSR count). The van der Waals surface area contributed by atoms with Gasteiger partial charge in [0.05, 0.1) is 11.0 Å². The number of nitrogen functional groups attached to an aromatic ring is 1. The molecule has 0 atom stereocenters. The summed E-state index contributed by atoms with van der Waals surface area (Å²) in [7, 11) is 0. The topological polar surface area (TPSA) is 43.8 Å². The van der Waals surface area contributed by atoms with Crippen molar-refractivity contribution in [3.05, 3.63) is 52.3 Å². The Morgan fingerprint density at radius 3 is 2.57 bits per heavy atom. The molecule has 0 aliphatic carbocycles. The minimum atomic E-state index is 0.332. The van der Waals surface area contributed by atoms with Crippen LogP contribution in [0.2, 0.25) is 0 Å². The van der Waals surface area contributed by atoms with Crippen LogP contribution in [-0.2, 0) is 0 Å². The number of hydrogen-bond donors (Lipinski definition) is 1. The number of halogens is 1. The van der Waals surface area contributed by atoms with Gasteiger partial charge in [-0.2, -0.15) is 0 Å². The van der Waals surface area contributed by atoms with Crippen LogP contribution in [0.25, 0.3) is 16.7 Å². The quantitative estimate of drug-likeness (QED) is 0.679. The van der Waals surface area contributed by atoms with E-state index in [9.17, 15) is 0 Å². The fraction of sp³-hybridized carbons (Fsp3) is 0.235. The van der Waals surface area contributed by atoms with E-state index in [1.807, 2.05) is 18.2 Å². The van der Waals surface area contributed by atoms with E-state index >= 15 is 0 Å². The zero-order valence-electron chi connectivity index (χ0n) is 12.4. The van der Waals surface area contributed by atoms with Gasteiger partial charge in [-0.3, -0.25) is 4.57 Å². The van der Waals surface area contributed by atoms with E-state index in [0.717, 1.165) is 32.7 Å². The van der Waals surface area contributed by atoms with Crippen LogP contribution in [0.3, 0.4) is 0 Å². The minimum absolute atomic E-state index is 0.332. The maximum absolute atomic E-state index is 5.89. The number of hydrogen-bond acceptors (Lipinski definition) is 2. The van der Waals surface area contributed by atoms with Crippen LogP contribution in [0.1, 0.15) is 31.2 Å². The average Bonchev–Trinajstić information content (AvgIpc) is 2.80. The van der Waals surface area contributed by atoms with Crippen LogP contribution in [0.5, 0.6) is 0 Å². The summed E-state index contributed by atoms with van der Waals surface area (Å²) in [5.41, 5.74) is 11.0. The molecule has 0 unspecified atom stereocenters. The number of fused-ring (bicyclic) bond motifs is 1. The molecule has 0 saturated carbocycles. The highest BCUT2D eigenvalue weighted by atomic mass is 79.9. The molecular formula is C17H18BrN3. The lowest BCUT2D eigenvalue weighted by atomic mass is 10.2. The van der Waals surface area contributed by atoms with Crippen LogP contribution in [-0.4, -0.2) is 9.55 Å². The molecule has 0 amide bonds. The van der Waals surface area contributed by atoms with Crippen molar-refractivity contribution in [3.63, 3.8) is 0 Å². The number of benzene rings is 2. The fourth-order valence-corrected chi connectivity index (χ4v) is 2.86. The predicted molar refractivity (Wildman–Crippen MR) is 92.0 cm³/mol. The lowest BCUT2D eigenvalue weighted by molar-refractivity contribution is 0.759. The van der Waals surface area contributed by atoms with Gasteiger partial charge in [-0.05, 0) is 42.8 Å². The SMILES string of the molecule is Cc1ccc(-n2c(C(C)C)nc3cc(N)ccc32)cc1Br. The standard InChI is InChI=1S/C17H18BrN3/c1-10(2)17-20-15-8-12(19)5-7-16(15)21(17)13-6-4-11(3)14(18)9-13/h4-10H,19H2,1-3H3. The van der Waals surface area contributed by atoms with Gasteiger partial charge in [-0.25, -0.2) is 4.98 Å². The molecule has 21 heavy (non-hydrogen) atoms. The van der Waals surface area contributed by atoms with Crippen molar-refractivity contribution in [2.75, 3.05) is 5.73 Å². The Morgan fingerprint density at radius 2 is 1.90 bits per heavy atom. The molecule has 0 aliphatic rings. The first-order valence-electron chi connectivity index (χ1n) is 7.02. The van der Waals surface area contributed by atoms with Crippen molar-refractivity contribution in [1.82, 2.24) is 9.55 Å². The summed E-state index contributed by atoms with van der Waals surface area (Å²) in [5, 5.41) is 0.